The maximum atomic E-state index is 14.0. The lowest BCUT2D eigenvalue weighted by molar-refractivity contribution is -0.116. The van der Waals surface area contributed by atoms with Gasteiger partial charge < -0.3 is 10.3 Å². The second-order valence-corrected chi connectivity index (χ2v) is 8.11. The molecule has 2 aromatic carbocycles. The first kappa shape index (κ1) is 20.8. The van der Waals surface area contributed by atoms with E-state index in [-0.39, 0.29) is 11.7 Å². The van der Waals surface area contributed by atoms with Crippen molar-refractivity contribution < 1.29 is 9.18 Å². The number of benzene rings is 2. The molecule has 0 aliphatic rings. The number of para-hydroxylation sites is 1. The molecule has 0 radical (unpaired) electrons. The highest BCUT2D eigenvalue weighted by Gasteiger charge is 2.15. The molecule has 33 heavy (non-hydrogen) atoms. The van der Waals surface area contributed by atoms with E-state index in [1.807, 2.05) is 55.5 Å². The minimum Gasteiger partial charge on any atom is -0.353 e. The fourth-order valence-electron chi connectivity index (χ4n) is 4.26. The van der Waals surface area contributed by atoms with Crippen molar-refractivity contribution in [2.75, 3.05) is 5.32 Å². The number of H-pyrrole nitrogens is 1. The normalized spacial score (nSPS) is 11.2. The van der Waals surface area contributed by atoms with Crippen molar-refractivity contribution >= 4 is 33.4 Å². The topological polar surface area (TPSA) is 70.7 Å². The Morgan fingerprint density at radius 1 is 1.03 bits per heavy atom. The number of hydrogen-bond acceptors (Lipinski definition) is 3. The second-order valence-electron chi connectivity index (χ2n) is 8.11. The highest BCUT2D eigenvalue weighted by atomic mass is 19.1. The van der Waals surface area contributed by atoms with Gasteiger partial charge >= 0.3 is 0 Å². The average Bonchev–Trinajstić information content (AvgIpc) is 3.17. The van der Waals surface area contributed by atoms with Crippen molar-refractivity contribution in [2.45, 2.75) is 26.2 Å². The first-order valence-corrected chi connectivity index (χ1v) is 11.0. The molecule has 0 unspecified atom stereocenters. The van der Waals surface area contributed by atoms with Gasteiger partial charge in [0, 0.05) is 34.6 Å². The molecule has 3 heterocycles. The van der Waals surface area contributed by atoms with E-state index >= 15 is 0 Å². The highest BCUT2D eigenvalue weighted by Crippen LogP contribution is 2.31. The van der Waals surface area contributed by atoms with Crippen molar-refractivity contribution in [1.82, 2.24) is 15.0 Å². The summed E-state index contributed by atoms with van der Waals surface area (Å²) in [6.45, 7) is 1.91. The van der Waals surface area contributed by atoms with Crippen LogP contribution in [0.2, 0.25) is 0 Å². The minimum atomic E-state index is -0.284. The molecule has 0 atom stereocenters. The van der Waals surface area contributed by atoms with E-state index in [4.69, 9.17) is 0 Å². The Kier molecular flexibility index (Phi) is 5.57. The van der Waals surface area contributed by atoms with Crippen LogP contribution in [0, 0.1) is 12.7 Å². The summed E-state index contributed by atoms with van der Waals surface area (Å²) in [5.74, 6) is -0.343. The minimum absolute atomic E-state index is 0.0591. The molecule has 6 heteroatoms. The van der Waals surface area contributed by atoms with Gasteiger partial charge in [0.05, 0.1) is 22.6 Å². The molecule has 0 saturated heterocycles. The third-order valence-electron chi connectivity index (χ3n) is 5.74. The summed E-state index contributed by atoms with van der Waals surface area (Å²) in [7, 11) is 0. The van der Waals surface area contributed by atoms with Crippen molar-refractivity contribution in [3.8, 4) is 11.4 Å². The maximum Gasteiger partial charge on any atom is 0.224 e. The van der Waals surface area contributed by atoms with Gasteiger partial charge in [-0.3, -0.25) is 14.8 Å². The van der Waals surface area contributed by atoms with Crippen LogP contribution < -0.4 is 5.32 Å². The number of aryl methyl sites for hydroxylation is 2. The summed E-state index contributed by atoms with van der Waals surface area (Å²) in [5.41, 5.74) is 5.97. The van der Waals surface area contributed by atoms with Crippen LogP contribution in [0.4, 0.5) is 10.1 Å². The number of hydrogen-bond donors (Lipinski definition) is 2. The molecule has 1 amide bonds. The van der Waals surface area contributed by atoms with Gasteiger partial charge in [0.1, 0.15) is 5.82 Å². The summed E-state index contributed by atoms with van der Waals surface area (Å²) in [6, 6.07) is 20.1. The summed E-state index contributed by atoms with van der Waals surface area (Å²) in [4.78, 5) is 25.1. The van der Waals surface area contributed by atoms with Crippen LogP contribution in [0.25, 0.3) is 33.2 Å². The van der Waals surface area contributed by atoms with Crippen molar-refractivity contribution in [2.24, 2.45) is 0 Å². The third-order valence-corrected chi connectivity index (χ3v) is 5.74. The highest BCUT2D eigenvalue weighted by molar-refractivity contribution is 6.01. The predicted molar refractivity (Wildman–Crippen MR) is 130 cm³/mol. The van der Waals surface area contributed by atoms with E-state index in [0.29, 0.717) is 19.3 Å². The molecular formula is C27H23FN4O. The summed E-state index contributed by atoms with van der Waals surface area (Å²) < 4.78 is 14.0. The fraction of sp³-hybridized carbons (Fsp3) is 0.148. The van der Waals surface area contributed by atoms with Crippen LogP contribution in [-0.2, 0) is 11.2 Å². The lowest BCUT2D eigenvalue weighted by atomic mass is 10.0. The quantitative estimate of drug-likeness (QED) is 0.332. The molecule has 3 aromatic heterocycles. The smallest absolute Gasteiger partial charge is 0.224 e. The summed E-state index contributed by atoms with van der Waals surface area (Å²) in [6.07, 6.45) is 3.33. The van der Waals surface area contributed by atoms with Gasteiger partial charge in [-0.15, -0.1) is 0 Å². The van der Waals surface area contributed by atoms with Crippen LogP contribution >= 0.6 is 0 Å². The Morgan fingerprint density at radius 2 is 1.88 bits per heavy atom. The largest absolute Gasteiger partial charge is 0.353 e. The Morgan fingerprint density at radius 3 is 2.73 bits per heavy atom. The summed E-state index contributed by atoms with van der Waals surface area (Å²) >= 11 is 0. The van der Waals surface area contributed by atoms with Crippen molar-refractivity contribution in [1.29, 1.82) is 0 Å². The van der Waals surface area contributed by atoms with Gasteiger partial charge in [-0.1, -0.05) is 24.3 Å². The zero-order valence-electron chi connectivity index (χ0n) is 18.2. The number of rotatable bonds is 6. The molecule has 5 nitrogen and oxygen atoms in total. The number of amides is 1. The Labute approximate surface area is 190 Å². The van der Waals surface area contributed by atoms with Crippen molar-refractivity contribution in [3.63, 3.8) is 0 Å². The van der Waals surface area contributed by atoms with E-state index in [2.05, 4.69) is 20.3 Å². The molecule has 2 N–H and O–H groups in total. The number of anilines is 1. The molecule has 0 bridgehead atoms. The zero-order chi connectivity index (χ0) is 22.8. The number of nitrogens with one attached hydrogen (secondary N) is 2. The Bertz CT molecular complexity index is 1460. The Balaban J connectivity index is 1.36. The SMILES string of the molecule is Cc1cc(NC(=O)CCCc2c(-c3ccccn3)[nH]c3ccc(F)cc23)c2ccccc2n1. The Hall–Kier alpha value is -4.06. The van der Waals surface area contributed by atoms with Crippen LogP contribution in [0.1, 0.15) is 24.1 Å². The monoisotopic (exact) mass is 438 g/mol. The maximum absolute atomic E-state index is 14.0. The van der Waals surface area contributed by atoms with E-state index in [1.54, 1.807) is 18.3 Å². The standard InChI is InChI=1S/C27H23FN4O/c1-17-15-25(20-7-2-3-9-22(20)30-17)31-26(33)11-6-8-19-21-16-18(28)12-13-23(21)32-27(19)24-10-4-5-14-29-24/h2-5,7,9-10,12-16,32H,6,8,11H2,1H3,(H,30,31,33). The van der Waals surface area contributed by atoms with Gasteiger partial charge in [-0.2, -0.15) is 0 Å². The zero-order valence-corrected chi connectivity index (χ0v) is 18.2. The predicted octanol–water partition coefficient (Wildman–Crippen LogP) is 6.19. The number of carbonyl (C=O) groups excluding carboxylic acids is 1. The third kappa shape index (κ3) is 4.32. The number of carbonyl (C=O) groups is 1. The van der Waals surface area contributed by atoms with Gasteiger partial charge in [0.15, 0.2) is 0 Å². The van der Waals surface area contributed by atoms with Crippen LogP contribution in [0.3, 0.4) is 0 Å². The van der Waals surface area contributed by atoms with E-state index in [1.165, 1.54) is 6.07 Å². The lowest BCUT2D eigenvalue weighted by Crippen LogP contribution is -2.12. The molecule has 0 spiro atoms. The number of pyridine rings is 2. The fourth-order valence-corrected chi connectivity index (χ4v) is 4.26. The van der Waals surface area contributed by atoms with Gasteiger partial charge in [0.25, 0.3) is 0 Å². The van der Waals surface area contributed by atoms with E-state index < -0.39 is 0 Å². The first-order chi connectivity index (χ1) is 16.1. The van der Waals surface area contributed by atoms with Crippen molar-refractivity contribution in [3.05, 3.63) is 90.0 Å². The van der Waals surface area contributed by atoms with Crippen LogP contribution in [0.5, 0.6) is 0 Å². The second kappa shape index (κ2) is 8.82. The van der Waals surface area contributed by atoms with Crippen LogP contribution in [0.15, 0.2) is 72.9 Å². The molecule has 0 aliphatic carbocycles. The van der Waals surface area contributed by atoms with E-state index in [0.717, 1.165) is 50.1 Å². The lowest BCUT2D eigenvalue weighted by Gasteiger charge is -2.10. The molecule has 5 aromatic rings. The molecule has 0 aliphatic heterocycles. The first-order valence-electron chi connectivity index (χ1n) is 11.0. The average molecular weight is 439 g/mol. The van der Waals surface area contributed by atoms with Gasteiger partial charge in [-0.05, 0) is 67.8 Å². The molecule has 5 rings (SSSR count). The number of aromatic nitrogens is 3. The molecular weight excluding hydrogens is 415 g/mol. The number of halogens is 1. The van der Waals surface area contributed by atoms with Gasteiger partial charge in [-0.25, -0.2) is 4.39 Å². The number of fused-ring (bicyclic) bond motifs is 2. The summed E-state index contributed by atoms with van der Waals surface area (Å²) in [5, 5.41) is 4.78. The number of aromatic amines is 1. The molecule has 0 saturated carbocycles. The van der Waals surface area contributed by atoms with E-state index in [9.17, 15) is 9.18 Å². The molecule has 164 valence electrons. The number of nitrogens with zero attached hydrogens (tertiary/aromatic N) is 2. The van der Waals surface area contributed by atoms with Gasteiger partial charge in [0.2, 0.25) is 5.91 Å². The molecule has 0 fully saturated rings. The van der Waals surface area contributed by atoms with Crippen LogP contribution in [-0.4, -0.2) is 20.9 Å².